The molecule has 0 heterocycles. The van der Waals surface area contributed by atoms with E-state index in [0.717, 1.165) is 12.1 Å². The Morgan fingerprint density at radius 3 is 2.52 bits per heavy atom. The lowest BCUT2D eigenvalue weighted by Gasteiger charge is -2.18. The van der Waals surface area contributed by atoms with Gasteiger partial charge in [-0.05, 0) is 36.4 Å². The second-order valence-electron chi connectivity index (χ2n) is 4.98. The largest absolute Gasteiger partial charge is 0.416 e. The van der Waals surface area contributed by atoms with Crippen LogP contribution in [0.4, 0.5) is 17.6 Å². The number of rotatable bonds is 3. The van der Waals surface area contributed by atoms with Gasteiger partial charge in [-0.1, -0.05) is 22.0 Å². The average Bonchev–Trinajstić information content (AvgIpc) is 2.49. The summed E-state index contributed by atoms with van der Waals surface area (Å²) in [5.41, 5.74) is -0.731. The van der Waals surface area contributed by atoms with E-state index in [4.69, 9.17) is 0 Å². The lowest BCUT2D eigenvalue weighted by Crippen LogP contribution is -2.27. The van der Waals surface area contributed by atoms with Gasteiger partial charge in [-0.2, -0.15) is 13.2 Å². The number of amides is 1. The summed E-state index contributed by atoms with van der Waals surface area (Å²) in [6, 6.07) is 8.44. The van der Waals surface area contributed by atoms with Crippen molar-refractivity contribution in [2.24, 2.45) is 0 Å². The van der Waals surface area contributed by atoms with Crippen LogP contribution in [0.1, 0.15) is 21.5 Å². The van der Waals surface area contributed by atoms with Gasteiger partial charge >= 0.3 is 6.18 Å². The van der Waals surface area contributed by atoms with Gasteiger partial charge in [0.25, 0.3) is 5.91 Å². The molecule has 0 aliphatic heterocycles. The molecule has 0 aliphatic rings. The highest BCUT2D eigenvalue weighted by Crippen LogP contribution is 2.29. The fourth-order valence-electron chi connectivity index (χ4n) is 2.04. The Kier molecular flexibility index (Phi) is 5.09. The summed E-state index contributed by atoms with van der Waals surface area (Å²) < 4.78 is 52.4. The van der Waals surface area contributed by atoms with Gasteiger partial charge in [0.15, 0.2) is 0 Å². The molecule has 2 nitrogen and oxygen atoms in total. The lowest BCUT2D eigenvalue weighted by molar-refractivity contribution is -0.137. The molecule has 0 saturated heterocycles. The van der Waals surface area contributed by atoms with Crippen molar-refractivity contribution in [2.75, 3.05) is 7.05 Å². The minimum absolute atomic E-state index is 0.0552. The van der Waals surface area contributed by atoms with Crippen LogP contribution in [0.5, 0.6) is 0 Å². The Labute approximate surface area is 138 Å². The number of halogens is 5. The SMILES string of the molecule is CN(Cc1cc(Br)ccc1F)C(=O)c1cccc(C(F)(F)F)c1. The van der Waals surface area contributed by atoms with Crippen molar-refractivity contribution in [3.8, 4) is 0 Å². The van der Waals surface area contributed by atoms with Crippen LogP contribution in [0.2, 0.25) is 0 Å². The maximum atomic E-state index is 13.7. The van der Waals surface area contributed by atoms with Gasteiger partial charge in [0.2, 0.25) is 0 Å². The molecule has 23 heavy (non-hydrogen) atoms. The second-order valence-corrected chi connectivity index (χ2v) is 5.89. The number of carbonyl (C=O) groups excluding carboxylic acids is 1. The number of carbonyl (C=O) groups is 1. The Morgan fingerprint density at radius 2 is 1.87 bits per heavy atom. The maximum absolute atomic E-state index is 13.7. The summed E-state index contributed by atoms with van der Waals surface area (Å²) in [4.78, 5) is 13.4. The molecule has 0 atom stereocenters. The molecule has 0 N–H and O–H groups in total. The minimum Gasteiger partial charge on any atom is -0.337 e. The molecule has 1 amide bonds. The Morgan fingerprint density at radius 1 is 1.17 bits per heavy atom. The predicted molar refractivity (Wildman–Crippen MR) is 81.3 cm³/mol. The van der Waals surface area contributed by atoms with Gasteiger partial charge in [-0.3, -0.25) is 4.79 Å². The van der Waals surface area contributed by atoms with Crippen LogP contribution in [0.25, 0.3) is 0 Å². The van der Waals surface area contributed by atoms with Crippen molar-refractivity contribution in [3.05, 3.63) is 69.4 Å². The van der Waals surface area contributed by atoms with Gasteiger partial charge in [-0.15, -0.1) is 0 Å². The fraction of sp³-hybridized carbons (Fsp3) is 0.188. The van der Waals surface area contributed by atoms with Gasteiger partial charge in [0, 0.05) is 29.2 Å². The molecular weight excluding hydrogens is 378 g/mol. The molecule has 0 aromatic heterocycles. The van der Waals surface area contributed by atoms with E-state index in [1.807, 2.05) is 0 Å². The third-order valence-electron chi connectivity index (χ3n) is 3.20. The highest BCUT2D eigenvalue weighted by molar-refractivity contribution is 9.10. The molecular formula is C16H12BrF4NO. The molecule has 0 saturated carbocycles. The van der Waals surface area contributed by atoms with Crippen molar-refractivity contribution in [1.82, 2.24) is 4.90 Å². The van der Waals surface area contributed by atoms with Crippen molar-refractivity contribution in [2.45, 2.75) is 12.7 Å². The van der Waals surface area contributed by atoms with Gasteiger partial charge < -0.3 is 4.90 Å². The zero-order valence-corrected chi connectivity index (χ0v) is 13.6. The first-order valence-electron chi connectivity index (χ1n) is 6.55. The number of hydrogen-bond acceptors (Lipinski definition) is 1. The van der Waals surface area contributed by atoms with Crippen LogP contribution < -0.4 is 0 Å². The standard InChI is InChI=1S/C16H12BrF4NO/c1-22(9-11-8-13(17)5-6-14(11)18)15(23)10-3-2-4-12(7-10)16(19,20)21/h2-8H,9H2,1H3. The topological polar surface area (TPSA) is 20.3 Å². The second kappa shape index (κ2) is 6.70. The monoisotopic (exact) mass is 389 g/mol. The number of hydrogen-bond donors (Lipinski definition) is 0. The van der Waals surface area contributed by atoms with E-state index in [1.165, 1.54) is 42.3 Å². The van der Waals surface area contributed by atoms with E-state index in [-0.39, 0.29) is 17.7 Å². The van der Waals surface area contributed by atoms with E-state index < -0.39 is 23.5 Å². The Hall–Kier alpha value is -1.89. The molecule has 0 unspecified atom stereocenters. The molecule has 0 bridgehead atoms. The van der Waals surface area contributed by atoms with E-state index in [9.17, 15) is 22.4 Å². The first-order valence-corrected chi connectivity index (χ1v) is 7.34. The highest BCUT2D eigenvalue weighted by Gasteiger charge is 2.31. The summed E-state index contributed by atoms with van der Waals surface area (Å²) >= 11 is 3.20. The van der Waals surface area contributed by atoms with Crippen LogP contribution in [-0.2, 0) is 12.7 Å². The summed E-state index contributed by atoms with van der Waals surface area (Å²) in [6.45, 7) is -0.0552. The fourth-order valence-corrected chi connectivity index (χ4v) is 2.45. The lowest BCUT2D eigenvalue weighted by atomic mass is 10.1. The van der Waals surface area contributed by atoms with Crippen molar-refractivity contribution < 1.29 is 22.4 Å². The van der Waals surface area contributed by atoms with E-state index in [0.29, 0.717) is 4.47 Å². The Balaban J connectivity index is 2.21. The molecule has 2 aromatic carbocycles. The molecule has 0 aliphatic carbocycles. The quantitative estimate of drug-likeness (QED) is 0.685. The van der Waals surface area contributed by atoms with Crippen LogP contribution >= 0.6 is 15.9 Å². The van der Waals surface area contributed by atoms with Crippen molar-refractivity contribution in [3.63, 3.8) is 0 Å². The smallest absolute Gasteiger partial charge is 0.337 e. The van der Waals surface area contributed by atoms with Crippen LogP contribution in [0.3, 0.4) is 0 Å². The minimum atomic E-state index is -4.52. The summed E-state index contributed by atoms with van der Waals surface area (Å²) in [5.74, 6) is -1.10. The molecule has 0 radical (unpaired) electrons. The summed E-state index contributed by atoms with van der Waals surface area (Å²) in [5, 5.41) is 0. The van der Waals surface area contributed by atoms with Gasteiger partial charge in [0.05, 0.1) is 5.56 Å². The zero-order chi connectivity index (χ0) is 17.2. The van der Waals surface area contributed by atoms with Crippen molar-refractivity contribution >= 4 is 21.8 Å². The highest BCUT2D eigenvalue weighted by atomic mass is 79.9. The van der Waals surface area contributed by atoms with Crippen LogP contribution in [-0.4, -0.2) is 17.9 Å². The first-order chi connectivity index (χ1) is 10.7. The zero-order valence-electron chi connectivity index (χ0n) is 12.0. The first kappa shape index (κ1) is 17.5. The van der Waals surface area contributed by atoms with E-state index in [2.05, 4.69) is 15.9 Å². The molecule has 2 aromatic rings. The third kappa shape index (κ3) is 4.31. The molecule has 0 fully saturated rings. The maximum Gasteiger partial charge on any atom is 0.416 e. The molecule has 0 spiro atoms. The molecule has 7 heteroatoms. The number of benzene rings is 2. The normalized spacial score (nSPS) is 11.4. The molecule has 122 valence electrons. The summed E-state index contributed by atoms with van der Waals surface area (Å²) in [6.07, 6.45) is -4.52. The summed E-state index contributed by atoms with van der Waals surface area (Å²) in [7, 11) is 1.41. The van der Waals surface area contributed by atoms with Gasteiger partial charge in [0.1, 0.15) is 5.82 Å². The van der Waals surface area contributed by atoms with E-state index >= 15 is 0 Å². The van der Waals surface area contributed by atoms with Crippen LogP contribution in [0.15, 0.2) is 46.9 Å². The Bertz CT molecular complexity index is 730. The predicted octanol–water partition coefficient (Wildman–Crippen LogP) is 4.88. The third-order valence-corrected chi connectivity index (χ3v) is 3.69. The van der Waals surface area contributed by atoms with Crippen LogP contribution in [0, 0.1) is 5.82 Å². The average molecular weight is 390 g/mol. The van der Waals surface area contributed by atoms with Crippen molar-refractivity contribution in [1.29, 1.82) is 0 Å². The number of nitrogens with zero attached hydrogens (tertiary/aromatic N) is 1. The number of alkyl halides is 3. The molecule has 2 rings (SSSR count). The van der Waals surface area contributed by atoms with Gasteiger partial charge in [-0.25, -0.2) is 4.39 Å². The van der Waals surface area contributed by atoms with E-state index in [1.54, 1.807) is 0 Å².